The first-order valence-corrected chi connectivity index (χ1v) is 6.55. The van der Waals surface area contributed by atoms with Crippen LogP contribution in [0.1, 0.15) is 11.1 Å². The Hall–Kier alpha value is -1.53. The molecular weight excluding hydrogens is 248 g/mol. The zero-order valence-electron chi connectivity index (χ0n) is 10.5. The van der Waals surface area contributed by atoms with E-state index in [9.17, 15) is 0 Å². The van der Waals surface area contributed by atoms with Crippen molar-refractivity contribution in [2.24, 2.45) is 12.8 Å². The smallest absolute Gasteiger partial charge is 0.186 e. The Labute approximate surface area is 110 Å². The Kier molecular flexibility index (Phi) is 4.22. The van der Waals surface area contributed by atoms with Crippen LogP contribution in [0.2, 0.25) is 0 Å². The van der Waals surface area contributed by atoms with E-state index in [-0.39, 0.29) is 0 Å². The number of nitrogens with zero attached hydrogens (tertiary/aromatic N) is 3. The Morgan fingerprint density at radius 3 is 2.89 bits per heavy atom. The van der Waals surface area contributed by atoms with E-state index in [1.54, 1.807) is 29.9 Å². The van der Waals surface area contributed by atoms with Crippen LogP contribution in [-0.2, 0) is 19.3 Å². The Morgan fingerprint density at radius 1 is 1.44 bits per heavy atom. The zero-order valence-corrected chi connectivity index (χ0v) is 11.3. The predicted octanol–water partition coefficient (Wildman–Crippen LogP) is 1.57. The quantitative estimate of drug-likeness (QED) is 0.830. The van der Waals surface area contributed by atoms with Crippen LogP contribution in [0.4, 0.5) is 0 Å². The summed E-state index contributed by atoms with van der Waals surface area (Å²) >= 11 is 1.62. The van der Waals surface area contributed by atoms with Crippen LogP contribution in [0.3, 0.4) is 0 Å². The predicted molar refractivity (Wildman–Crippen MR) is 71.4 cm³/mol. The van der Waals surface area contributed by atoms with Crippen molar-refractivity contribution in [3.8, 4) is 5.75 Å². The maximum absolute atomic E-state index is 5.65. The Morgan fingerprint density at radius 2 is 2.28 bits per heavy atom. The second-order valence-electron chi connectivity index (χ2n) is 3.81. The van der Waals surface area contributed by atoms with Crippen LogP contribution >= 0.6 is 11.8 Å². The Balaban J connectivity index is 2.14. The number of hydrogen-bond donors (Lipinski definition) is 1. The lowest BCUT2D eigenvalue weighted by Gasteiger charge is -2.09. The fraction of sp³-hybridized carbons (Fsp3) is 0.333. The van der Waals surface area contributed by atoms with E-state index in [2.05, 4.69) is 16.1 Å². The first-order chi connectivity index (χ1) is 8.74. The minimum Gasteiger partial charge on any atom is -0.496 e. The molecule has 0 unspecified atom stereocenters. The number of aryl methyl sites for hydroxylation is 1. The average Bonchev–Trinajstić information content (AvgIpc) is 2.81. The van der Waals surface area contributed by atoms with Gasteiger partial charge in [-0.25, -0.2) is 9.67 Å². The van der Waals surface area contributed by atoms with Gasteiger partial charge in [-0.3, -0.25) is 0 Å². The average molecular weight is 264 g/mol. The lowest BCUT2D eigenvalue weighted by Crippen LogP contribution is -1.99. The summed E-state index contributed by atoms with van der Waals surface area (Å²) in [6, 6.07) is 6.01. The van der Waals surface area contributed by atoms with Gasteiger partial charge in [-0.15, -0.1) is 0 Å². The molecule has 0 aliphatic carbocycles. The van der Waals surface area contributed by atoms with Crippen molar-refractivity contribution in [2.75, 3.05) is 7.11 Å². The molecule has 5 nitrogen and oxygen atoms in total. The molecule has 0 aliphatic heterocycles. The molecule has 0 spiro atoms. The molecule has 1 aromatic carbocycles. The lowest BCUT2D eigenvalue weighted by molar-refractivity contribution is 0.411. The molecule has 0 aliphatic rings. The van der Waals surface area contributed by atoms with Gasteiger partial charge in [-0.2, -0.15) is 5.10 Å². The van der Waals surface area contributed by atoms with E-state index >= 15 is 0 Å². The number of rotatable bonds is 5. The van der Waals surface area contributed by atoms with Crippen LogP contribution in [0, 0.1) is 0 Å². The summed E-state index contributed by atoms with van der Waals surface area (Å²) in [6.45, 7) is 0.533. The minimum absolute atomic E-state index is 0.533. The molecule has 0 fully saturated rings. The van der Waals surface area contributed by atoms with Gasteiger partial charge in [0.05, 0.1) is 7.11 Å². The molecule has 2 N–H and O–H groups in total. The van der Waals surface area contributed by atoms with Crippen molar-refractivity contribution in [3.05, 3.63) is 35.7 Å². The maximum atomic E-state index is 5.65. The molecule has 2 aromatic rings. The molecule has 0 bridgehead atoms. The summed E-state index contributed by atoms with van der Waals surface area (Å²) in [5.41, 5.74) is 7.87. The van der Waals surface area contributed by atoms with Gasteiger partial charge in [-0.1, -0.05) is 17.8 Å². The Bertz CT molecular complexity index is 527. The molecule has 6 heteroatoms. The topological polar surface area (TPSA) is 66.0 Å². The molecular formula is C12H16N4OS. The second-order valence-corrected chi connectivity index (χ2v) is 4.75. The third-order valence-electron chi connectivity index (χ3n) is 2.61. The monoisotopic (exact) mass is 264 g/mol. The summed E-state index contributed by atoms with van der Waals surface area (Å²) in [6.07, 6.45) is 1.55. The largest absolute Gasteiger partial charge is 0.496 e. The number of methoxy groups -OCH3 is 1. The molecule has 0 atom stereocenters. The third-order valence-corrected chi connectivity index (χ3v) is 3.69. The number of aromatic nitrogens is 3. The van der Waals surface area contributed by atoms with Crippen LogP contribution in [0.15, 0.2) is 29.7 Å². The SMILES string of the molecule is COc1ccc(CN)cc1CSc1ncnn1C. The van der Waals surface area contributed by atoms with Crippen molar-refractivity contribution < 1.29 is 4.74 Å². The van der Waals surface area contributed by atoms with Crippen molar-refractivity contribution in [2.45, 2.75) is 17.5 Å². The molecule has 0 saturated heterocycles. The highest BCUT2D eigenvalue weighted by Gasteiger charge is 2.07. The van der Waals surface area contributed by atoms with E-state index in [1.165, 1.54) is 0 Å². The van der Waals surface area contributed by atoms with E-state index in [0.717, 1.165) is 27.8 Å². The van der Waals surface area contributed by atoms with E-state index in [1.807, 2.05) is 19.2 Å². The van der Waals surface area contributed by atoms with Gasteiger partial charge in [0.1, 0.15) is 12.1 Å². The molecule has 0 radical (unpaired) electrons. The van der Waals surface area contributed by atoms with E-state index in [0.29, 0.717) is 6.54 Å². The van der Waals surface area contributed by atoms with E-state index in [4.69, 9.17) is 10.5 Å². The summed E-state index contributed by atoms with van der Waals surface area (Å²) in [4.78, 5) is 4.18. The summed E-state index contributed by atoms with van der Waals surface area (Å²) in [5.74, 6) is 1.66. The van der Waals surface area contributed by atoms with Crippen molar-refractivity contribution in [1.29, 1.82) is 0 Å². The van der Waals surface area contributed by atoms with Gasteiger partial charge >= 0.3 is 0 Å². The molecule has 18 heavy (non-hydrogen) atoms. The van der Waals surface area contributed by atoms with Gasteiger partial charge in [0.2, 0.25) is 0 Å². The number of thioether (sulfide) groups is 1. The van der Waals surface area contributed by atoms with Crippen LogP contribution < -0.4 is 10.5 Å². The molecule has 0 saturated carbocycles. The number of hydrogen-bond acceptors (Lipinski definition) is 5. The van der Waals surface area contributed by atoms with Crippen LogP contribution in [0.25, 0.3) is 0 Å². The third kappa shape index (κ3) is 2.83. The summed E-state index contributed by atoms with van der Waals surface area (Å²) in [5, 5.41) is 4.92. The van der Waals surface area contributed by atoms with Gasteiger partial charge in [0.25, 0.3) is 0 Å². The highest BCUT2D eigenvalue weighted by atomic mass is 32.2. The van der Waals surface area contributed by atoms with Gasteiger partial charge in [-0.05, 0) is 17.7 Å². The van der Waals surface area contributed by atoms with Gasteiger partial charge in [0.15, 0.2) is 5.16 Å². The summed E-state index contributed by atoms with van der Waals surface area (Å²) in [7, 11) is 3.55. The highest BCUT2D eigenvalue weighted by molar-refractivity contribution is 7.98. The van der Waals surface area contributed by atoms with E-state index < -0.39 is 0 Å². The molecule has 0 amide bonds. The fourth-order valence-electron chi connectivity index (χ4n) is 1.63. The van der Waals surface area contributed by atoms with Gasteiger partial charge < -0.3 is 10.5 Å². The number of nitrogens with two attached hydrogens (primary N) is 1. The molecule has 2 rings (SSSR count). The molecule has 1 heterocycles. The van der Waals surface area contributed by atoms with Gasteiger partial charge in [0, 0.05) is 24.9 Å². The standard InChI is InChI=1S/C12H16N4OS/c1-16-12(14-8-15-16)18-7-10-5-9(6-13)3-4-11(10)17-2/h3-5,8H,6-7,13H2,1-2H3. The zero-order chi connectivity index (χ0) is 13.0. The summed E-state index contributed by atoms with van der Waals surface area (Å²) < 4.78 is 7.10. The van der Waals surface area contributed by atoms with Crippen molar-refractivity contribution >= 4 is 11.8 Å². The van der Waals surface area contributed by atoms with Crippen LogP contribution in [0.5, 0.6) is 5.75 Å². The normalized spacial score (nSPS) is 10.6. The molecule has 1 aromatic heterocycles. The van der Waals surface area contributed by atoms with Crippen molar-refractivity contribution in [1.82, 2.24) is 14.8 Å². The number of ether oxygens (including phenoxy) is 1. The minimum atomic E-state index is 0.533. The van der Waals surface area contributed by atoms with Crippen LogP contribution in [-0.4, -0.2) is 21.9 Å². The lowest BCUT2D eigenvalue weighted by atomic mass is 10.1. The maximum Gasteiger partial charge on any atom is 0.186 e. The molecule has 96 valence electrons. The first kappa shape index (κ1) is 12.9. The number of benzene rings is 1. The first-order valence-electron chi connectivity index (χ1n) is 5.57. The second kappa shape index (κ2) is 5.88. The highest BCUT2D eigenvalue weighted by Crippen LogP contribution is 2.27. The fourth-order valence-corrected chi connectivity index (χ4v) is 2.50. The van der Waals surface area contributed by atoms with Crippen molar-refractivity contribution in [3.63, 3.8) is 0 Å².